The third-order valence-electron chi connectivity index (χ3n) is 2.99. The molecule has 1 heteroatoms. The third-order valence-corrected chi connectivity index (χ3v) is 2.99. The monoisotopic (exact) mass is 187 g/mol. The SMILES string of the molecule is C=CC[C@@]1(C)CN1Cc1ccccc1. The van der Waals surface area contributed by atoms with Gasteiger partial charge in [-0.2, -0.15) is 0 Å². The van der Waals surface area contributed by atoms with Crippen molar-refractivity contribution in [1.29, 1.82) is 0 Å². The van der Waals surface area contributed by atoms with Gasteiger partial charge in [0.05, 0.1) is 0 Å². The smallest absolute Gasteiger partial charge is 0.0347 e. The van der Waals surface area contributed by atoms with E-state index in [1.54, 1.807) is 0 Å². The molecule has 1 fully saturated rings. The Morgan fingerprint density at radius 1 is 1.43 bits per heavy atom. The van der Waals surface area contributed by atoms with Crippen LogP contribution in [0.15, 0.2) is 43.0 Å². The zero-order valence-corrected chi connectivity index (χ0v) is 8.74. The van der Waals surface area contributed by atoms with Gasteiger partial charge in [0.2, 0.25) is 0 Å². The van der Waals surface area contributed by atoms with Crippen LogP contribution in [0, 0.1) is 0 Å². The number of nitrogens with zero attached hydrogens (tertiary/aromatic N) is 1. The van der Waals surface area contributed by atoms with E-state index in [0.717, 1.165) is 13.0 Å². The number of hydrogen-bond acceptors (Lipinski definition) is 1. The summed E-state index contributed by atoms with van der Waals surface area (Å²) in [6, 6.07) is 10.6. The molecule has 14 heavy (non-hydrogen) atoms. The van der Waals surface area contributed by atoms with Crippen molar-refractivity contribution in [2.45, 2.75) is 25.4 Å². The molecule has 0 spiro atoms. The summed E-state index contributed by atoms with van der Waals surface area (Å²) in [5, 5.41) is 0. The molecule has 0 bridgehead atoms. The summed E-state index contributed by atoms with van der Waals surface area (Å²) in [5.74, 6) is 0. The van der Waals surface area contributed by atoms with E-state index in [-0.39, 0.29) is 0 Å². The molecule has 1 aliphatic heterocycles. The minimum absolute atomic E-state index is 0.386. The lowest BCUT2D eigenvalue weighted by molar-refractivity contribution is 0.422. The second kappa shape index (κ2) is 3.58. The van der Waals surface area contributed by atoms with Crippen molar-refractivity contribution in [3.8, 4) is 0 Å². The van der Waals surface area contributed by atoms with Crippen LogP contribution in [-0.2, 0) is 6.54 Å². The summed E-state index contributed by atoms with van der Waals surface area (Å²) >= 11 is 0. The van der Waals surface area contributed by atoms with E-state index < -0.39 is 0 Å². The molecule has 1 aliphatic rings. The van der Waals surface area contributed by atoms with Crippen LogP contribution in [0.5, 0.6) is 0 Å². The summed E-state index contributed by atoms with van der Waals surface area (Å²) in [7, 11) is 0. The molecule has 1 saturated heterocycles. The van der Waals surface area contributed by atoms with Crippen molar-refractivity contribution >= 4 is 0 Å². The zero-order chi connectivity index (χ0) is 10.0. The van der Waals surface area contributed by atoms with Gasteiger partial charge in [-0.25, -0.2) is 0 Å². The van der Waals surface area contributed by atoms with Gasteiger partial charge in [-0.15, -0.1) is 6.58 Å². The van der Waals surface area contributed by atoms with Crippen LogP contribution in [0.25, 0.3) is 0 Å². The summed E-state index contributed by atoms with van der Waals surface area (Å²) < 4.78 is 0. The largest absolute Gasteiger partial charge is 0.290 e. The Kier molecular flexibility index (Phi) is 2.42. The first-order chi connectivity index (χ1) is 6.74. The number of benzene rings is 1. The molecule has 0 N–H and O–H groups in total. The Labute approximate surface area is 86.1 Å². The molecule has 1 heterocycles. The maximum absolute atomic E-state index is 3.80. The van der Waals surface area contributed by atoms with Gasteiger partial charge >= 0.3 is 0 Å². The quantitative estimate of drug-likeness (QED) is 0.517. The summed E-state index contributed by atoms with van der Waals surface area (Å²) in [6.45, 7) is 8.38. The van der Waals surface area contributed by atoms with Crippen LogP contribution in [-0.4, -0.2) is 17.0 Å². The van der Waals surface area contributed by atoms with Crippen LogP contribution >= 0.6 is 0 Å². The molecule has 1 nitrogen and oxygen atoms in total. The van der Waals surface area contributed by atoms with Gasteiger partial charge in [0.1, 0.15) is 0 Å². The third kappa shape index (κ3) is 1.88. The second-order valence-corrected chi connectivity index (χ2v) is 4.33. The highest BCUT2D eigenvalue weighted by molar-refractivity contribution is 5.18. The molecule has 1 aromatic rings. The van der Waals surface area contributed by atoms with Crippen molar-refractivity contribution in [3.05, 3.63) is 48.6 Å². The van der Waals surface area contributed by atoms with Crippen molar-refractivity contribution in [2.75, 3.05) is 6.54 Å². The summed E-state index contributed by atoms with van der Waals surface area (Å²) in [6.07, 6.45) is 3.12. The van der Waals surface area contributed by atoms with Crippen LogP contribution in [0.1, 0.15) is 18.9 Å². The topological polar surface area (TPSA) is 3.01 Å². The fourth-order valence-corrected chi connectivity index (χ4v) is 1.93. The maximum Gasteiger partial charge on any atom is 0.0347 e. The Morgan fingerprint density at radius 2 is 2.14 bits per heavy atom. The lowest BCUT2D eigenvalue weighted by atomic mass is 10.1. The lowest BCUT2D eigenvalue weighted by Gasteiger charge is -2.09. The minimum Gasteiger partial charge on any atom is -0.290 e. The minimum atomic E-state index is 0.386. The molecule has 1 unspecified atom stereocenters. The molecule has 0 radical (unpaired) electrons. The molecule has 74 valence electrons. The van der Waals surface area contributed by atoms with Crippen molar-refractivity contribution in [1.82, 2.24) is 4.90 Å². The Balaban J connectivity index is 1.93. The molecular formula is C13H17N. The van der Waals surface area contributed by atoms with E-state index in [2.05, 4.69) is 48.7 Å². The first-order valence-corrected chi connectivity index (χ1v) is 5.14. The van der Waals surface area contributed by atoms with Crippen LogP contribution in [0.2, 0.25) is 0 Å². The molecular weight excluding hydrogens is 170 g/mol. The van der Waals surface area contributed by atoms with Crippen LogP contribution < -0.4 is 0 Å². The fraction of sp³-hybridized carbons (Fsp3) is 0.385. The molecule has 0 saturated carbocycles. The Bertz CT molecular complexity index is 317. The lowest BCUT2D eigenvalue weighted by Crippen LogP contribution is -2.12. The first kappa shape index (κ1) is 9.47. The molecule has 0 aliphatic carbocycles. The van der Waals surface area contributed by atoms with Crippen molar-refractivity contribution < 1.29 is 0 Å². The normalized spacial score (nSPS) is 29.9. The standard InChI is InChI=1S/C13H17N/c1-3-9-13(2)11-14(13)10-12-7-5-4-6-8-12/h3-8H,1,9-11H2,2H3/t13-,14?/m0/s1. The van der Waals surface area contributed by atoms with E-state index >= 15 is 0 Å². The van der Waals surface area contributed by atoms with Gasteiger partial charge in [-0.3, -0.25) is 4.90 Å². The average Bonchev–Trinajstić information content (AvgIpc) is 2.78. The molecule has 0 aromatic heterocycles. The first-order valence-electron chi connectivity index (χ1n) is 5.14. The number of hydrogen-bond donors (Lipinski definition) is 0. The Hall–Kier alpha value is -1.08. The van der Waals surface area contributed by atoms with Crippen LogP contribution in [0.4, 0.5) is 0 Å². The Morgan fingerprint density at radius 3 is 2.79 bits per heavy atom. The van der Waals surface area contributed by atoms with E-state index in [1.165, 1.54) is 12.1 Å². The second-order valence-electron chi connectivity index (χ2n) is 4.33. The van der Waals surface area contributed by atoms with Gasteiger partial charge in [0.15, 0.2) is 0 Å². The van der Waals surface area contributed by atoms with Gasteiger partial charge in [0, 0.05) is 18.6 Å². The average molecular weight is 187 g/mol. The van der Waals surface area contributed by atoms with E-state index in [4.69, 9.17) is 0 Å². The van der Waals surface area contributed by atoms with Crippen molar-refractivity contribution in [3.63, 3.8) is 0 Å². The predicted octanol–water partition coefficient (Wildman–Crippen LogP) is 2.84. The van der Waals surface area contributed by atoms with Gasteiger partial charge in [-0.1, -0.05) is 36.4 Å². The summed E-state index contributed by atoms with van der Waals surface area (Å²) in [4.78, 5) is 2.49. The summed E-state index contributed by atoms with van der Waals surface area (Å²) in [5.41, 5.74) is 1.79. The molecule has 2 atom stereocenters. The predicted molar refractivity (Wildman–Crippen MR) is 60.1 cm³/mol. The fourth-order valence-electron chi connectivity index (χ4n) is 1.93. The molecule has 0 amide bonds. The van der Waals surface area contributed by atoms with E-state index in [0.29, 0.717) is 5.54 Å². The van der Waals surface area contributed by atoms with Gasteiger partial charge < -0.3 is 0 Å². The van der Waals surface area contributed by atoms with E-state index in [1.807, 2.05) is 6.08 Å². The van der Waals surface area contributed by atoms with Crippen LogP contribution in [0.3, 0.4) is 0 Å². The number of rotatable bonds is 4. The van der Waals surface area contributed by atoms with Gasteiger partial charge in [0.25, 0.3) is 0 Å². The van der Waals surface area contributed by atoms with E-state index in [9.17, 15) is 0 Å². The highest BCUT2D eigenvalue weighted by Crippen LogP contribution is 2.36. The van der Waals surface area contributed by atoms with Gasteiger partial charge in [-0.05, 0) is 18.9 Å². The molecule has 2 rings (SSSR count). The maximum atomic E-state index is 3.80. The highest BCUT2D eigenvalue weighted by Gasteiger charge is 2.45. The zero-order valence-electron chi connectivity index (χ0n) is 8.74. The molecule has 1 aromatic carbocycles. The highest BCUT2D eigenvalue weighted by atomic mass is 15.3. The van der Waals surface area contributed by atoms with Crippen molar-refractivity contribution in [2.24, 2.45) is 0 Å².